The van der Waals surface area contributed by atoms with Crippen molar-refractivity contribution in [3.63, 3.8) is 0 Å². The molecule has 1 aliphatic rings. The molecule has 0 aliphatic carbocycles. The molecule has 0 N–H and O–H groups in total. The van der Waals surface area contributed by atoms with Crippen LogP contribution in [0.2, 0.25) is 0 Å². The number of fused-ring (bicyclic) bond motifs is 1. The largest absolute Gasteiger partial charge is 0.473 e. The van der Waals surface area contributed by atoms with Crippen LogP contribution in [0, 0.1) is 11.8 Å². The van der Waals surface area contributed by atoms with E-state index in [4.69, 9.17) is 17.3 Å². The Bertz CT molecular complexity index is 1030. The van der Waals surface area contributed by atoms with Gasteiger partial charge in [-0.05, 0) is 36.2 Å². The van der Waals surface area contributed by atoms with Gasteiger partial charge in [0.25, 0.3) is 0 Å². The highest BCUT2D eigenvalue weighted by atomic mass is 16.5. The van der Waals surface area contributed by atoms with Crippen molar-refractivity contribution in [3.8, 4) is 17.6 Å². The zero-order valence-electron chi connectivity index (χ0n) is 18.4. The van der Waals surface area contributed by atoms with Gasteiger partial charge in [-0.3, -0.25) is 14.5 Å². The second kappa shape index (κ2) is 9.30. The van der Waals surface area contributed by atoms with Crippen LogP contribution in [-0.4, -0.2) is 33.6 Å². The van der Waals surface area contributed by atoms with E-state index in [1.54, 1.807) is 17.9 Å². The van der Waals surface area contributed by atoms with E-state index in [9.17, 15) is 9.59 Å². The van der Waals surface area contributed by atoms with E-state index in [-0.39, 0.29) is 36.4 Å². The highest BCUT2D eigenvalue weighted by molar-refractivity contribution is 6.32. The van der Waals surface area contributed by atoms with Crippen LogP contribution in [-0.2, 0) is 19.7 Å². The quantitative estimate of drug-likeness (QED) is 0.413. The van der Waals surface area contributed by atoms with Gasteiger partial charge in [0.2, 0.25) is 5.91 Å². The van der Waals surface area contributed by atoms with Crippen LogP contribution in [0.3, 0.4) is 0 Å². The monoisotopic (exact) mass is 415 g/mol. The molecule has 1 unspecified atom stereocenters. The predicted octanol–water partition coefficient (Wildman–Crippen LogP) is 3.20. The first-order valence-electron chi connectivity index (χ1n) is 10.2. The summed E-state index contributed by atoms with van der Waals surface area (Å²) < 4.78 is 10.7. The molecule has 31 heavy (non-hydrogen) atoms. The number of carbonyl (C=O) groups is 2. The molecule has 1 aliphatic heterocycles. The van der Waals surface area contributed by atoms with Crippen molar-refractivity contribution in [2.24, 2.45) is 0 Å². The Morgan fingerprint density at radius 1 is 1.23 bits per heavy atom. The number of amides is 1. The summed E-state index contributed by atoms with van der Waals surface area (Å²) in [6.07, 6.45) is 0.576. The summed E-state index contributed by atoms with van der Waals surface area (Å²) in [5.74, 6) is 5.99. The topological polar surface area (TPSA) is 55.8 Å². The van der Waals surface area contributed by atoms with E-state index in [2.05, 4.69) is 11.8 Å². The van der Waals surface area contributed by atoms with Gasteiger partial charge in [-0.1, -0.05) is 49.5 Å². The third-order valence-corrected chi connectivity index (χ3v) is 5.49. The van der Waals surface area contributed by atoms with Crippen molar-refractivity contribution in [1.82, 2.24) is 0 Å². The summed E-state index contributed by atoms with van der Waals surface area (Å²) in [5, 5.41) is 0. The summed E-state index contributed by atoms with van der Waals surface area (Å²) in [7, 11) is 7.34. The number of anilines is 1. The lowest BCUT2D eigenvalue weighted by atomic mass is 9.75. The van der Waals surface area contributed by atoms with E-state index in [0.29, 0.717) is 17.6 Å². The molecule has 6 heteroatoms. The van der Waals surface area contributed by atoms with Gasteiger partial charge in [-0.15, -0.1) is 5.92 Å². The molecular formula is C25H26BNO4. The lowest BCUT2D eigenvalue weighted by Crippen LogP contribution is -2.44. The molecular weight excluding hydrogens is 389 g/mol. The van der Waals surface area contributed by atoms with Gasteiger partial charge < -0.3 is 9.47 Å². The van der Waals surface area contributed by atoms with Crippen molar-refractivity contribution in [2.45, 2.75) is 44.9 Å². The van der Waals surface area contributed by atoms with E-state index >= 15 is 0 Å². The fourth-order valence-corrected chi connectivity index (χ4v) is 3.79. The van der Waals surface area contributed by atoms with Crippen LogP contribution < -0.4 is 15.1 Å². The first-order chi connectivity index (χ1) is 14.7. The maximum absolute atomic E-state index is 12.8. The van der Waals surface area contributed by atoms with E-state index < -0.39 is 0 Å². The fraction of sp³-hybridized carbons (Fsp3) is 0.360. The minimum atomic E-state index is -0.307. The van der Waals surface area contributed by atoms with Crippen molar-refractivity contribution >= 4 is 30.9 Å². The number of hydrogen-bond acceptors (Lipinski definition) is 4. The number of hydrogen-bond donors (Lipinski definition) is 0. The summed E-state index contributed by atoms with van der Waals surface area (Å²) in [6, 6.07) is 13.0. The number of rotatable bonds is 6. The number of methoxy groups -OCH3 is 1. The number of benzene rings is 2. The minimum absolute atomic E-state index is 0.00949. The molecule has 1 atom stereocenters. The molecule has 158 valence electrons. The first kappa shape index (κ1) is 22.5. The van der Waals surface area contributed by atoms with Gasteiger partial charge >= 0.3 is 5.97 Å². The van der Waals surface area contributed by atoms with Crippen LogP contribution in [0.4, 0.5) is 5.69 Å². The zero-order valence-corrected chi connectivity index (χ0v) is 18.4. The van der Waals surface area contributed by atoms with Crippen LogP contribution in [0.1, 0.15) is 50.7 Å². The summed E-state index contributed by atoms with van der Waals surface area (Å²) >= 11 is 0. The SMILES string of the molecule is [B]c1ccc2c(c1)C(C)(C)CC(=O)N2COc1ccc(C(C#CC)CC(=O)OC)cc1. The van der Waals surface area contributed by atoms with Gasteiger partial charge in [0, 0.05) is 11.8 Å². The van der Waals surface area contributed by atoms with E-state index in [1.165, 1.54) is 7.11 Å². The summed E-state index contributed by atoms with van der Waals surface area (Å²) in [6.45, 7) is 5.93. The Morgan fingerprint density at radius 3 is 2.58 bits per heavy atom. The molecule has 0 saturated carbocycles. The molecule has 0 aromatic heterocycles. The normalized spacial score (nSPS) is 15.4. The molecule has 2 aromatic carbocycles. The van der Waals surface area contributed by atoms with Gasteiger partial charge in [-0.2, -0.15) is 0 Å². The second-order valence-electron chi connectivity index (χ2n) is 8.23. The first-order valence-corrected chi connectivity index (χ1v) is 10.2. The molecule has 3 rings (SSSR count). The van der Waals surface area contributed by atoms with Crippen LogP contribution in [0.15, 0.2) is 42.5 Å². The molecule has 0 saturated heterocycles. The maximum atomic E-state index is 12.8. The van der Waals surface area contributed by atoms with Crippen molar-refractivity contribution in [1.29, 1.82) is 0 Å². The predicted molar refractivity (Wildman–Crippen MR) is 122 cm³/mol. The van der Waals surface area contributed by atoms with E-state index in [1.807, 2.05) is 50.2 Å². The van der Waals surface area contributed by atoms with Gasteiger partial charge in [0.05, 0.1) is 25.1 Å². The number of esters is 1. The number of nitrogens with zero attached hydrogens (tertiary/aromatic N) is 1. The molecule has 5 nitrogen and oxygen atoms in total. The zero-order chi connectivity index (χ0) is 22.6. The Balaban J connectivity index is 1.75. The standard InChI is InChI=1S/C25H26BNO4/c1-5-6-18(13-24(29)30-4)17-7-10-20(11-8-17)31-16-27-22-12-9-19(26)14-21(22)25(2,3)15-23(27)28/h7-12,14,18H,13,15-16H2,1-4H3. The third-order valence-electron chi connectivity index (χ3n) is 5.49. The van der Waals surface area contributed by atoms with Gasteiger partial charge in [-0.25, -0.2) is 0 Å². The Kier molecular flexibility index (Phi) is 6.75. The van der Waals surface area contributed by atoms with Crippen molar-refractivity contribution in [3.05, 3.63) is 53.6 Å². The van der Waals surface area contributed by atoms with E-state index in [0.717, 1.165) is 16.8 Å². The molecule has 0 spiro atoms. The smallest absolute Gasteiger partial charge is 0.307 e. The molecule has 2 aromatic rings. The second-order valence-corrected chi connectivity index (χ2v) is 8.23. The number of ether oxygens (including phenoxy) is 2. The number of carbonyl (C=O) groups excluding carboxylic acids is 2. The molecule has 2 radical (unpaired) electrons. The highest BCUT2D eigenvalue weighted by Crippen LogP contribution is 2.39. The Morgan fingerprint density at radius 2 is 1.94 bits per heavy atom. The maximum Gasteiger partial charge on any atom is 0.307 e. The third kappa shape index (κ3) is 5.11. The summed E-state index contributed by atoms with van der Waals surface area (Å²) in [4.78, 5) is 26.1. The van der Waals surface area contributed by atoms with Gasteiger partial charge in [0.15, 0.2) is 6.73 Å². The molecule has 1 heterocycles. The molecule has 0 bridgehead atoms. The van der Waals surface area contributed by atoms with Crippen molar-refractivity contribution < 1.29 is 19.1 Å². The molecule has 0 fully saturated rings. The average molecular weight is 415 g/mol. The minimum Gasteiger partial charge on any atom is -0.473 e. The molecule has 1 amide bonds. The lowest BCUT2D eigenvalue weighted by Gasteiger charge is -2.38. The summed E-state index contributed by atoms with van der Waals surface area (Å²) in [5.41, 5.74) is 3.16. The highest BCUT2D eigenvalue weighted by Gasteiger charge is 2.36. The van der Waals surface area contributed by atoms with Crippen molar-refractivity contribution in [2.75, 3.05) is 18.7 Å². The van der Waals surface area contributed by atoms with Crippen LogP contribution >= 0.6 is 0 Å². The Labute approximate surface area is 185 Å². The fourth-order valence-electron chi connectivity index (χ4n) is 3.79. The van der Waals surface area contributed by atoms with Gasteiger partial charge in [0.1, 0.15) is 13.6 Å². The van der Waals surface area contributed by atoms with Crippen LogP contribution in [0.25, 0.3) is 0 Å². The average Bonchev–Trinajstić information content (AvgIpc) is 2.73. The Hall–Kier alpha value is -3.20. The lowest BCUT2D eigenvalue weighted by molar-refractivity contribution is -0.140. The van der Waals surface area contributed by atoms with Crippen LogP contribution in [0.5, 0.6) is 5.75 Å².